The molecule has 6 aromatic carbocycles. The van der Waals surface area contributed by atoms with Gasteiger partial charge in [0.2, 0.25) is 0 Å². The number of aromatic nitrogens is 4. The Labute approximate surface area is 293 Å². The van der Waals surface area contributed by atoms with Gasteiger partial charge in [0.15, 0.2) is 11.6 Å². The molecular formula is C45H30N4S. The Morgan fingerprint density at radius 3 is 2.06 bits per heavy atom. The predicted octanol–water partition coefficient (Wildman–Crippen LogP) is 11.9. The molecule has 0 fully saturated rings. The summed E-state index contributed by atoms with van der Waals surface area (Å²) in [5.74, 6) is 2.29. The lowest BCUT2D eigenvalue weighted by Crippen LogP contribution is -2.07. The topological polar surface area (TPSA) is 43.6 Å². The molecule has 50 heavy (non-hydrogen) atoms. The maximum Gasteiger partial charge on any atom is 0.163 e. The Hall–Kier alpha value is -6.17. The van der Waals surface area contributed by atoms with E-state index in [0.29, 0.717) is 11.6 Å². The fraction of sp³-hybridized carbons (Fsp3) is 0.0444. The molecule has 236 valence electrons. The van der Waals surface area contributed by atoms with Crippen LogP contribution in [0.4, 0.5) is 0 Å². The van der Waals surface area contributed by atoms with E-state index in [-0.39, 0.29) is 5.92 Å². The highest BCUT2D eigenvalue weighted by Crippen LogP contribution is 2.42. The summed E-state index contributed by atoms with van der Waals surface area (Å²) in [7, 11) is 0. The molecule has 5 heteroatoms. The van der Waals surface area contributed by atoms with E-state index in [2.05, 4.69) is 150 Å². The lowest BCUT2D eigenvalue weighted by atomic mass is 10.00. The van der Waals surface area contributed by atoms with Gasteiger partial charge in [0.25, 0.3) is 0 Å². The summed E-state index contributed by atoms with van der Waals surface area (Å²) < 4.78 is 5.03. The second kappa shape index (κ2) is 11.8. The molecule has 10 rings (SSSR count). The van der Waals surface area contributed by atoms with Gasteiger partial charge < -0.3 is 4.57 Å². The second-order valence-electron chi connectivity index (χ2n) is 12.8. The summed E-state index contributed by atoms with van der Waals surface area (Å²) in [5, 5.41) is 5.11. The molecule has 0 saturated heterocycles. The maximum absolute atomic E-state index is 5.02. The van der Waals surface area contributed by atoms with Crippen LogP contribution >= 0.6 is 11.3 Å². The van der Waals surface area contributed by atoms with E-state index >= 15 is 0 Å². The molecule has 4 nitrogen and oxygen atoms in total. The molecule has 1 unspecified atom stereocenters. The first-order valence-corrected chi connectivity index (χ1v) is 17.8. The molecular weight excluding hydrogens is 629 g/mol. The van der Waals surface area contributed by atoms with Crippen molar-refractivity contribution in [1.29, 1.82) is 0 Å². The molecule has 3 aromatic heterocycles. The zero-order valence-corrected chi connectivity index (χ0v) is 27.9. The van der Waals surface area contributed by atoms with Crippen LogP contribution in [-0.4, -0.2) is 19.5 Å². The van der Waals surface area contributed by atoms with Gasteiger partial charge in [-0.05, 0) is 60.0 Å². The number of rotatable bonds is 5. The monoisotopic (exact) mass is 658 g/mol. The Morgan fingerprint density at radius 2 is 1.24 bits per heavy atom. The van der Waals surface area contributed by atoms with Crippen LogP contribution in [-0.2, 0) is 0 Å². The molecule has 9 aromatic rings. The summed E-state index contributed by atoms with van der Waals surface area (Å²) in [5.41, 5.74) is 7.88. The van der Waals surface area contributed by atoms with Crippen molar-refractivity contribution in [3.8, 4) is 39.6 Å². The molecule has 1 aliphatic rings. The third-order valence-electron chi connectivity index (χ3n) is 9.77. The number of nitrogens with zero attached hydrogens (tertiary/aromatic N) is 4. The van der Waals surface area contributed by atoms with Crippen LogP contribution in [0, 0.1) is 0 Å². The van der Waals surface area contributed by atoms with Crippen LogP contribution in [0.2, 0.25) is 0 Å². The van der Waals surface area contributed by atoms with Gasteiger partial charge in [-0.25, -0.2) is 15.0 Å². The Bertz CT molecular complexity index is 2790. The molecule has 0 amide bonds. The number of allylic oxidation sites excluding steroid dienone is 4. The molecule has 0 N–H and O–H groups in total. The first-order valence-electron chi connectivity index (χ1n) is 17.0. The third-order valence-corrected chi connectivity index (χ3v) is 11.0. The fourth-order valence-corrected chi connectivity index (χ4v) is 8.56. The minimum absolute atomic E-state index is 0.119. The molecule has 3 heterocycles. The average Bonchev–Trinajstić information content (AvgIpc) is 3.74. The molecule has 0 spiro atoms. The Balaban J connectivity index is 1.11. The van der Waals surface area contributed by atoms with E-state index in [1.807, 2.05) is 29.5 Å². The van der Waals surface area contributed by atoms with Crippen molar-refractivity contribution in [1.82, 2.24) is 19.5 Å². The number of hydrogen-bond acceptors (Lipinski definition) is 4. The summed E-state index contributed by atoms with van der Waals surface area (Å²) >= 11 is 1.87. The number of fused-ring (bicyclic) bond motifs is 6. The minimum atomic E-state index is 0.119. The van der Waals surface area contributed by atoms with E-state index in [9.17, 15) is 0 Å². The van der Waals surface area contributed by atoms with Gasteiger partial charge in [0, 0.05) is 53.7 Å². The van der Waals surface area contributed by atoms with E-state index in [1.165, 1.54) is 53.1 Å². The zero-order chi connectivity index (χ0) is 33.0. The van der Waals surface area contributed by atoms with Crippen LogP contribution in [0.3, 0.4) is 0 Å². The van der Waals surface area contributed by atoms with Gasteiger partial charge in [-0.3, -0.25) is 0 Å². The van der Waals surface area contributed by atoms with Crippen LogP contribution in [0.1, 0.15) is 18.2 Å². The van der Waals surface area contributed by atoms with E-state index in [0.717, 1.165) is 29.1 Å². The molecule has 0 radical (unpaired) electrons. The van der Waals surface area contributed by atoms with Gasteiger partial charge in [0.05, 0.1) is 11.0 Å². The standard InChI is InChI=1S/C45H30N4S/c1-3-12-29(13-4-1)43-46-44(30-14-5-2-6-15-30)48-45(47-43)31-22-25-33(26-23-31)49-39-20-9-7-16-35(39)36-27-24-32(28-40(36)49)34-18-11-19-38-37-17-8-10-21-41(37)50-42(34)38/h1-14,16-28,30H,15H2. The Morgan fingerprint density at radius 1 is 0.540 bits per heavy atom. The van der Waals surface area contributed by atoms with Gasteiger partial charge in [-0.2, -0.15) is 0 Å². The van der Waals surface area contributed by atoms with Gasteiger partial charge in [-0.1, -0.05) is 121 Å². The minimum Gasteiger partial charge on any atom is -0.309 e. The fourth-order valence-electron chi connectivity index (χ4n) is 7.33. The van der Waals surface area contributed by atoms with Crippen molar-refractivity contribution in [3.63, 3.8) is 0 Å². The lowest BCUT2D eigenvalue weighted by molar-refractivity contribution is 0.764. The first kappa shape index (κ1) is 28.8. The average molecular weight is 659 g/mol. The highest BCUT2D eigenvalue weighted by Gasteiger charge is 2.19. The summed E-state index contributed by atoms with van der Waals surface area (Å²) in [6.45, 7) is 0. The van der Waals surface area contributed by atoms with Crippen LogP contribution in [0.5, 0.6) is 0 Å². The van der Waals surface area contributed by atoms with E-state index in [4.69, 9.17) is 15.0 Å². The molecule has 1 atom stereocenters. The summed E-state index contributed by atoms with van der Waals surface area (Å²) in [6.07, 6.45) is 9.38. The molecule has 0 bridgehead atoms. The smallest absolute Gasteiger partial charge is 0.163 e. The van der Waals surface area contributed by atoms with Crippen molar-refractivity contribution < 1.29 is 0 Å². The SMILES string of the molecule is C1=CCC(c2nc(-c3ccccc3)nc(-c3ccc(-n4c5ccccc5c5ccc(-c6cccc7c6sc6ccccc67)cc54)cc3)n2)C=C1. The van der Waals surface area contributed by atoms with Crippen molar-refractivity contribution in [3.05, 3.63) is 170 Å². The number of thiophene rings is 1. The van der Waals surface area contributed by atoms with Gasteiger partial charge in [-0.15, -0.1) is 11.3 Å². The zero-order valence-electron chi connectivity index (χ0n) is 27.1. The first-order chi connectivity index (χ1) is 24.8. The summed E-state index contributed by atoms with van der Waals surface area (Å²) in [4.78, 5) is 14.9. The van der Waals surface area contributed by atoms with Crippen molar-refractivity contribution >= 4 is 53.3 Å². The quantitative estimate of drug-likeness (QED) is 0.185. The van der Waals surface area contributed by atoms with Crippen LogP contribution in [0.25, 0.3) is 81.6 Å². The number of hydrogen-bond donors (Lipinski definition) is 0. The molecule has 1 aliphatic carbocycles. The highest BCUT2D eigenvalue weighted by molar-refractivity contribution is 7.26. The maximum atomic E-state index is 5.02. The van der Waals surface area contributed by atoms with Crippen molar-refractivity contribution in [2.24, 2.45) is 0 Å². The normalized spacial score (nSPS) is 14.4. The number of benzene rings is 6. The molecule has 0 aliphatic heterocycles. The second-order valence-corrected chi connectivity index (χ2v) is 13.8. The molecule has 0 saturated carbocycles. The Kier molecular flexibility index (Phi) is 6.78. The van der Waals surface area contributed by atoms with E-state index < -0.39 is 0 Å². The predicted molar refractivity (Wildman–Crippen MR) is 209 cm³/mol. The van der Waals surface area contributed by atoms with Crippen molar-refractivity contribution in [2.75, 3.05) is 0 Å². The lowest BCUT2D eigenvalue weighted by Gasteiger charge is -2.14. The third kappa shape index (κ3) is 4.78. The van der Waals surface area contributed by atoms with E-state index in [1.54, 1.807) is 0 Å². The summed E-state index contributed by atoms with van der Waals surface area (Å²) in [6, 6.07) is 49.8. The largest absolute Gasteiger partial charge is 0.309 e. The van der Waals surface area contributed by atoms with Gasteiger partial charge in [0.1, 0.15) is 5.82 Å². The van der Waals surface area contributed by atoms with Crippen molar-refractivity contribution in [2.45, 2.75) is 12.3 Å². The highest BCUT2D eigenvalue weighted by atomic mass is 32.1. The van der Waals surface area contributed by atoms with Crippen LogP contribution < -0.4 is 0 Å². The van der Waals surface area contributed by atoms with Crippen LogP contribution in [0.15, 0.2) is 164 Å². The number of para-hydroxylation sites is 1. The van der Waals surface area contributed by atoms with Gasteiger partial charge >= 0.3 is 0 Å².